The molecule has 2 rings (SSSR count). The molecule has 5 heteroatoms. The molecule has 2 aromatic carbocycles. The van der Waals surface area contributed by atoms with Crippen LogP contribution in [0.1, 0.15) is 5.56 Å². The van der Waals surface area contributed by atoms with Crippen LogP contribution in [-0.4, -0.2) is 7.11 Å². The zero-order chi connectivity index (χ0) is 14.0. The first-order valence-corrected chi connectivity index (χ1v) is 6.60. The average Bonchev–Trinajstić information content (AvgIpc) is 2.38. The number of hydrogen-bond acceptors (Lipinski definition) is 1. The van der Waals surface area contributed by atoms with Crippen molar-refractivity contribution in [2.24, 2.45) is 0 Å². The third-order valence-corrected chi connectivity index (χ3v) is 3.59. The van der Waals surface area contributed by atoms with Crippen LogP contribution in [-0.2, 0) is 5.38 Å². The van der Waals surface area contributed by atoms with E-state index in [9.17, 15) is 8.78 Å². The summed E-state index contributed by atoms with van der Waals surface area (Å²) in [7, 11) is 1.57. The molecule has 0 aromatic heterocycles. The summed E-state index contributed by atoms with van der Waals surface area (Å²) in [5.41, 5.74) is 1.24. The summed E-state index contributed by atoms with van der Waals surface area (Å²) in [5, 5.41) is -3.40. The minimum absolute atomic E-state index is 0.248. The first-order valence-electron chi connectivity index (χ1n) is 5.43. The smallest absolute Gasteiger partial charge is 0.349 e. The van der Waals surface area contributed by atoms with E-state index in [1.54, 1.807) is 43.5 Å². The molecule has 0 saturated heterocycles. The molecule has 0 radical (unpaired) electrons. The summed E-state index contributed by atoms with van der Waals surface area (Å²) in [6, 6.07) is 11.8. The Balaban J connectivity index is 2.45. The molecule has 0 aliphatic carbocycles. The van der Waals surface area contributed by atoms with E-state index in [1.807, 2.05) is 0 Å². The number of rotatable bonds is 3. The standard InChI is InChI=1S/C14H10BrClF2O/c1-19-11-5-2-9(3-6-11)10-4-7-13(15)12(8-10)14(16,17)18/h2-8H,1H3. The van der Waals surface area contributed by atoms with E-state index in [4.69, 9.17) is 16.3 Å². The van der Waals surface area contributed by atoms with Gasteiger partial charge in [-0.15, -0.1) is 0 Å². The molecule has 0 fully saturated rings. The third kappa shape index (κ3) is 3.25. The van der Waals surface area contributed by atoms with Crippen LogP contribution in [0.25, 0.3) is 11.1 Å². The lowest BCUT2D eigenvalue weighted by molar-refractivity contribution is 0.0943. The second-order valence-corrected chi connectivity index (χ2v) is 5.25. The molecule has 0 N–H and O–H groups in total. The van der Waals surface area contributed by atoms with Crippen molar-refractivity contribution in [1.82, 2.24) is 0 Å². The van der Waals surface area contributed by atoms with E-state index in [1.165, 1.54) is 6.07 Å². The largest absolute Gasteiger partial charge is 0.497 e. The van der Waals surface area contributed by atoms with Crippen LogP contribution in [0.4, 0.5) is 8.78 Å². The van der Waals surface area contributed by atoms with E-state index < -0.39 is 5.38 Å². The Morgan fingerprint density at radius 3 is 2.16 bits per heavy atom. The third-order valence-electron chi connectivity index (χ3n) is 2.70. The molecule has 1 nitrogen and oxygen atoms in total. The maximum absolute atomic E-state index is 13.2. The van der Waals surface area contributed by atoms with Gasteiger partial charge >= 0.3 is 5.38 Å². The lowest BCUT2D eigenvalue weighted by Gasteiger charge is -2.12. The summed E-state index contributed by atoms with van der Waals surface area (Å²) < 4.78 is 31.8. The van der Waals surface area contributed by atoms with Crippen molar-refractivity contribution < 1.29 is 13.5 Å². The van der Waals surface area contributed by atoms with Gasteiger partial charge in [0, 0.05) is 4.47 Å². The van der Waals surface area contributed by atoms with Crippen molar-refractivity contribution in [2.75, 3.05) is 7.11 Å². The maximum atomic E-state index is 13.2. The molecule has 0 heterocycles. The van der Waals surface area contributed by atoms with Crippen LogP contribution in [0.5, 0.6) is 5.75 Å². The Hall–Kier alpha value is -1.13. The number of halogens is 4. The SMILES string of the molecule is COc1ccc(-c2ccc(Br)c(C(F)(F)Cl)c2)cc1. The number of ether oxygens (including phenoxy) is 1. The van der Waals surface area contributed by atoms with Gasteiger partial charge in [-0.05, 0) is 47.0 Å². The fourth-order valence-electron chi connectivity index (χ4n) is 1.71. The van der Waals surface area contributed by atoms with Gasteiger partial charge in [0.05, 0.1) is 12.7 Å². The van der Waals surface area contributed by atoms with Gasteiger partial charge in [-0.3, -0.25) is 0 Å². The molecule has 19 heavy (non-hydrogen) atoms. The van der Waals surface area contributed by atoms with Crippen molar-refractivity contribution in [3.63, 3.8) is 0 Å². The van der Waals surface area contributed by atoms with Crippen LogP contribution in [0.3, 0.4) is 0 Å². The molecule has 0 unspecified atom stereocenters. The lowest BCUT2D eigenvalue weighted by Crippen LogP contribution is -2.04. The minimum atomic E-state index is -3.40. The Morgan fingerprint density at radius 1 is 1.05 bits per heavy atom. The van der Waals surface area contributed by atoms with E-state index in [0.717, 1.165) is 5.56 Å². The fraction of sp³-hybridized carbons (Fsp3) is 0.143. The Bertz CT molecular complexity index is 579. The molecule has 0 spiro atoms. The van der Waals surface area contributed by atoms with Crippen LogP contribution in [0.2, 0.25) is 0 Å². The van der Waals surface area contributed by atoms with Gasteiger partial charge in [0.1, 0.15) is 5.75 Å². The van der Waals surface area contributed by atoms with Gasteiger partial charge in [-0.1, -0.05) is 34.1 Å². The predicted octanol–water partition coefficient (Wildman–Crippen LogP) is 5.41. The quantitative estimate of drug-likeness (QED) is 0.674. The number of hydrogen-bond donors (Lipinski definition) is 0. The van der Waals surface area contributed by atoms with Gasteiger partial charge in [0.15, 0.2) is 0 Å². The van der Waals surface area contributed by atoms with Crippen LogP contribution in [0, 0.1) is 0 Å². The molecule has 0 aliphatic rings. The van der Waals surface area contributed by atoms with Gasteiger partial charge in [0.25, 0.3) is 0 Å². The molecule has 0 amide bonds. The van der Waals surface area contributed by atoms with Crippen molar-refractivity contribution in [1.29, 1.82) is 0 Å². The Morgan fingerprint density at radius 2 is 1.63 bits per heavy atom. The molecule has 0 aliphatic heterocycles. The highest BCUT2D eigenvalue weighted by molar-refractivity contribution is 9.10. The second-order valence-electron chi connectivity index (χ2n) is 3.92. The zero-order valence-corrected chi connectivity index (χ0v) is 12.3. The van der Waals surface area contributed by atoms with Crippen LogP contribution >= 0.6 is 27.5 Å². The highest BCUT2D eigenvalue weighted by atomic mass is 79.9. The lowest BCUT2D eigenvalue weighted by atomic mass is 10.0. The van der Waals surface area contributed by atoms with Crippen molar-refractivity contribution in [3.8, 4) is 16.9 Å². The number of benzene rings is 2. The van der Waals surface area contributed by atoms with E-state index >= 15 is 0 Å². The van der Waals surface area contributed by atoms with Crippen LogP contribution in [0.15, 0.2) is 46.9 Å². The van der Waals surface area contributed by atoms with Crippen molar-refractivity contribution in [2.45, 2.75) is 5.38 Å². The number of alkyl halides is 3. The molecule has 2 aromatic rings. The second kappa shape index (κ2) is 5.47. The summed E-state index contributed by atoms with van der Waals surface area (Å²) in [6.07, 6.45) is 0. The molecular weight excluding hydrogens is 338 g/mol. The molecule has 0 atom stereocenters. The highest BCUT2D eigenvalue weighted by Gasteiger charge is 2.30. The monoisotopic (exact) mass is 346 g/mol. The van der Waals surface area contributed by atoms with Gasteiger partial charge in [0.2, 0.25) is 0 Å². The number of methoxy groups -OCH3 is 1. The average molecular weight is 348 g/mol. The van der Waals surface area contributed by atoms with E-state index in [2.05, 4.69) is 15.9 Å². The first kappa shape index (κ1) is 14.3. The van der Waals surface area contributed by atoms with Crippen LogP contribution < -0.4 is 4.74 Å². The van der Waals surface area contributed by atoms with Crippen molar-refractivity contribution in [3.05, 3.63) is 52.5 Å². The van der Waals surface area contributed by atoms with Crippen molar-refractivity contribution >= 4 is 27.5 Å². The fourth-order valence-corrected chi connectivity index (χ4v) is 2.47. The van der Waals surface area contributed by atoms with E-state index in [-0.39, 0.29) is 10.0 Å². The topological polar surface area (TPSA) is 9.23 Å². The molecule has 0 bridgehead atoms. The summed E-state index contributed by atoms with van der Waals surface area (Å²) >= 11 is 8.16. The minimum Gasteiger partial charge on any atom is -0.497 e. The summed E-state index contributed by atoms with van der Waals surface area (Å²) in [5.74, 6) is 0.712. The summed E-state index contributed by atoms with van der Waals surface area (Å²) in [4.78, 5) is 0. The van der Waals surface area contributed by atoms with Gasteiger partial charge in [-0.25, -0.2) is 0 Å². The highest BCUT2D eigenvalue weighted by Crippen LogP contribution is 2.39. The summed E-state index contributed by atoms with van der Waals surface area (Å²) in [6.45, 7) is 0. The van der Waals surface area contributed by atoms with E-state index in [0.29, 0.717) is 11.3 Å². The maximum Gasteiger partial charge on any atom is 0.349 e. The first-order chi connectivity index (χ1) is 8.91. The van der Waals surface area contributed by atoms with Gasteiger partial charge < -0.3 is 4.74 Å². The molecular formula is C14H10BrClF2O. The normalized spacial score (nSPS) is 11.4. The zero-order valence-electron chi connectivity index (χ0n) is 9.96. The Labute approximate surface area is 123 Å². The van der Waals surface area contributed by atoms with Gasteiger partial charge in [-0.2, -0.15) is 8.78 Å². The molecule has 100 valence electrons. The molecule has 0 saturated carbocycles. The Kier molecular flexibility index (Phi) is 4.11. The predicted molar refractivity (Wildman–Crippen MR) is 75.9 cm³/mol.